The van der Waals surface area contributed by atoms with E-state index in [0.29, 0.717) is 30.1 Å². The van der Waals surface area contributed by atoms with E-state index < -0.39 is 7.92 Å². The van der Waals surface area contributed by atoms with Gasteiger partial charge >= 0.3 is 0 Å². The van der Waals surface area contributed by atoms with Gasteiger partial charge < -0.3 is 9.47 Å². The van der Waals surface area contributed by atoms with Gasteiger partial charge in [0.05, 0.1) is 18.8 Å². The second-order valence-electron chi connectivity index (χ2n) is 8.40. The predicted octanol–water partition coefficient (Wildman–Crippen LogP) is 7.08. The molecule has 0 unspecified atom stereocenters. The number of carbonyl (C=O) groups is 1. The highest BCUT2D eigenvalue weighted by atomic mass is 31.1. The number of fused-ring (bicyclic) bond motifs is 2. The van der Waals surface area contributed by atoms with Crippen LogP contribution in [0.15, 0.2) is 12.1 Å². The summed E-state index contributed by atoms with van der Waals surface area (Å²) < 4.78 is 12.1. The third-order valence-corrected chi connectivity index (χ3v) is 9.48. The molecule has 0 saturated carbocycles. The molecule has 2 fully saturated rings. The molecule has 4 heteroatoms. The second-order valence-corrected chi connectivity index (χ2v) is 11.1. The molecular weight excluding hydrogens is 367 g/mol. The largest absolute Gasteiger partial charge is 0.493 e. The first kappa shape index (κ1) is 21.6. The maximum Gasteiger partial charge on any atom is 0.188 e. The zero-order valence-electron chi connectivity index (χ0n) is 18.0. The minimum atomic E-state index is -0.581. The van der Waals surface area contributed by atoms with E-state index in [1.807, 2.05) is 12.1 Å². The smallest absolute Gasteiger partial charge is 0.188 e. The highest BCUT2D eigenvalue weighted by Gasteiger charge is 2.41. The normalized spacial score (nSPS) is 24.0. The van der Waals surface area contributed by atoms with Crippen molar-refractivity contribution in [3.05, 3.63) is 23.3 Å². The highest BCUT2D eigenvalue weighted by molar-refractivity contribution is 7.77. The van der Waals surface area contributed by atoms with Crippen LogP contribution in [-0.4, -0.2) is 30.1 Å². The standard InChI is InChI=1S/C24H37O3P/c1-4-6-14-26-19-16-18(3)23(22(17-19)27-15-7-5-2)24(25)28-20-10-8-11-21(28)13-9-12-20/h16-17,20-21H,4-15H2,1-3H3. The summed E-state index contributed by atoms with van der Waals surface area (Å²) in [6.07, 6.45) is 11.9. The van der Waals surface area contributed by atoms with Gasteiger partial charge in [-0.15, -0.1) is 0 Å². The SMILES string of the molecule is CCCCOc1cc(C)c(C(=O)P2C3CCCC2CCC3)c(OCCCC)c1. The molecule has 3 nitrogen and oxygen atoms in total. The number of benzene rings is 1. The molecular formula is C24H37O3P. The first-order valence-corrected chi connectivity index (χ1v) is 12.9. The Morgan fingerprint density at radius 2 is 1.54 bits per heavy atom. The van der Waals surface area contributed by atoms with E-state index in [9.17, 15) is 4.79 Å². The van der Waals surface area contributed by atoms with Gasteiger partial charge in [0.1, 0.15) is 11.5 Å². The molecule has 0 N–H and O–H groups in total. The van der Waals surface area contributed by atoms with Crippen LogP contribution in [0.2, 0.25) is 0 Å². The lowest BCUT2D eigenvalue weighted by Crippen LogP contribution is -2.30. The van der Waals surface area contributed by atoms with E-state index in [1.165, 1.54) is 38.5 Å². The average Bonchev–Trinajstić information content (AvgIpc) is 2.67. The van der Waals surface area contributed by atoms with Crippen molar-refractivity contribution in [1.82, 2.24) is 0 Å². The minimum Gasteiger partial charge on any atom is -0.493 e. The summed E-state index contributed by atoms with van der Waals surface area (Å²) in [4.78, 5) is 13.8. The van der Waals surface area contributed by atoms with Gasteiger partial charge in [-0.05, 0) is 76.3 Å². The Balaban J connectivity index is 1.87. The summed E-state index contributed by atoms with van der Waals surface area (Å²) in [5.74, 6) is 1.60. The van der Waals surface area contributed by atoms with Gasteiger partial charge in [-0.2, -0.15) is 0 Å². The number of aryl methyl sites for hydroxylation is 1. The maximum absolute atomic E-state index is 13.8. The van der Waals surface area contributed by atoms with Crippen molar-refractivity contribution in [2.45, 2.75) is 96.3 Å². The van der Waals surface area contributed by atoms with Gasteiger partial charge in [-0.25, -0.2) is 0 Å². The molecule has 3 rings (SSSR count). The Hall–Kier alpha value is -1.08. The number of ether oxygens (including phenoxy) is 2. The molecule has 0 aromatic heterocycles. The molecule has 2 saturated heterocycles. The Morgan fingerprint density at radius 3 is 2.11 bits per heavy atom. The molecule has 0 amide bonds. The Bertz CT molecular complexity index is 635. The molecule has 0 spiro atoms. The van der Waals surface area contributed by atoms with Gasteiger partial charge in [0.2, 0.25) is 0 Å². The van der Waals surface area contributed by atoms with E-state index in [4.69, 9.17) is 9.47 Å². The van der Waals surface area contributed by atoms with E-state index in [0.717, 1.165) is 48.3 Å². The van der Waals surface area contributed by atoms with Crippen molar-refractivity contribution < 1.29 is 14.3 Å². The molecule has 2 aliphatic rings. The molecule has 0 atom stereocenters. The average molecular weight is 405 g/mol. The third kappa shape index (κ3) is 5.09. The van der Waals surface area contributed by atoms with Gasteiger partial charge in [-0.3, -0.25) is 4.79 Å². The number of unbranched alkanes of at least 4 members (excludes halogenated alkanes) is 2. The minimum absolute atomic E-state index is 0.397. The van der Waals surface area contributed by atoms with Gasteiger partial charge in [0.15, 0.2) is 5.52 Å². The molecule has 1 aromatic carbocycles. The van der Waals surface area contributed by atoms with Gasteiger partial charge in [0.25, 0.3) is 0 Å². The Labute approximate surface area is 172 Å². The maximum atomic E-state index is 13.8. The number of rotatable bonds is 10. The highest BCUT2D eigenvalue weighted by Crippen LogP contribution is 2.61. The van der Waals surface area contributed by atoms with Crippen molar-refractivity contribution in [3.63, 3.8) is 0 Å². The topological polar surface area (TPSA) is 35.5 Å². The molecule has 0 aliphatic carbocycles. The first-order chi connectivity index (χ1) is 13.7. The molecule has 156 valence electrons. The van der Waals surface area contributed by atoms with E-state index in [1.54, 1.807) is 0 Å². The second kappa shape index (κ2) is 10.6. The van der Waals surface area contributed by atoms with Crippen molar-refractivity contribution in [2.24, 2.45) is 0 Å². The fraction of sp³-hybridized carbons (Fsp3) is 0.708. The predicted molar refractivity (Wildman–Crippen MR) is 119 cm³/mol. The van der Waals surface area contributed by atoms with Crippen LogP contribution in [-0.2, 0) is 0 Å². The van der Waals surface area contributed by atoms with Gasteiger partial charge in [-0.1, -0.05) is 39.5 Å². The van der Waals surface area contributed by atoms with Crippen LogP contribution < -0.4 is 9.47 Å². The van der Waals surface area contributed by atoms with E-state index >= 15 is 0 Å². The van der Waals surface area contributed by atoms with Crippen LogP contribution in [0.4, 0.5) is 0 Å². The quantitative estimate of drug-likeness (QED) is 0.309. The van der Waals surface area contributed by atoms with Crippen LogP contribution >= 0.6 is 7.92 Å². The molecule has 0 radical (unpaired) electrons. The van der Waals surface area contributed by atoms with E-state index in [-0.39, 0.29) is 0 Å². The summed E-state index contributed by atoms with van der Waals surface area (Å²) in [5.41, 5.74) is 3.55. The molecule has 1 aromatic rings. The summed E-state index contributed by atoms with van der Waals surface area (Å²) >= 11 is 0. The van der Waals surface area contributed by atoms with E-state index in [2.05, 4.69) is 20.8 Å². The van der Waals surface area contributed by atoms with Crippen LogP contribution in [0.1, 0.15) is 94.0 Å². The number of carbonyl (C=O) groups excluding carboxylic acids is 1. The zero-order chi connectivity index (χ0) is 19.9. The molecule has 28 heavy (non-hydrogen) atoms. The van der Waals surface area contributed by atoms with Crippen molar-refractivity contribution in [2.75, 3.05) is 13.2 Å². The summed E-state index contributed by atoms with van der Waals surface area (Å²) in [7, 11) is -0.581. The summed E-state index contributed by atoms with van der Waals surface area (Å²) in [6.45, 7) is 7.77. The molecule has 2 heterocycles. The lowest BCUT2D eigenvalue weighted by atomic mass is 9.99. The van der Waals surface area contributed by atoms with Crippen molar-refractivity contribution >= 4 is 13.4 Å². The van der Waals surface area contributed by atoms with Crippen molar-refractivity contribution in [1.29, 1.82) is 0 Å². The zero-order valence-corrected chi connectivity index (χ0v) is 18.9. The Kier molecular flexibility index (Phi) is 8.21. The fourth-order valence-electron chi connectivity index (χ4n) is 4.64. The lowest BCUT2D eigenvalue weighted by molar-refractivity contribution is 0.107. The summed E-state index contributed by atoms with van der Waals surface area (Å²) in [6, 6.07) is 4.02. The molecule has 2 bridgehead atoms. The first-order valence-electron chi connectivity index (χ1n) is 11.4. The third-order valence-electron chi connectivity index (χ3n) is 6.18. The summed E-state index contributed by atoms with van der Waals surface area (Å²) in [5, 5.41) is 0. The van der Waals surface area contributed by atoms with Crippen LogP contribution in [0.5, 0.6) is 11.5 Å². The van der Waals surface area contributed by atoms with Crippen LogP contribution in [0.25, 0.3) is 0 Å². The van der Waals surface area contributed by atoms with Crippen LogP contribution in [0, 0.1) is 6.92 Å². The van der Waals surface area contributed by atoms with Crippen molar-refractivity contribution in [3.8, 4) is 11.5 Å². The fourth-order valence-corrected chi connectivity index (χ4v) is 8.28. The lowest BCUT2D eigenvalue weighted by Gasteiger charge is -2.42. The van der Waals surface area contributed by atoms with Gasteiger partial charge in [0, 0.05) is 6.07 Å². The van der Waals surface area contributed by atoms with Crippen LogP contribution in [0.3, 0.4) is 0 Å². The number of hydrogen-bond acceptors (Lipinski definition) is 3. The Morgan fingerprint density at radius 1 is 0.964 bits per heavy atom. The number of hydrogen-bond donors (Lipinski definition) is 0. The monoisotopic (exact) mass is 404 g/mol. The molecule has 2 aliphatic heterocycles.